The molecule has 7 nitrogen and oxygen atoms in total. The Bertz CT molecular complexity index is 573. The van der Waals surface area contributed by atoms with Crippen LogP contribution in [0, 0.1) is 0 Å². The van der Waals surface area contributed by atoms with Crippen LogP contribution < -0.4 is 5.73 Å². The van der Waals surface area contributed by atoms with Crippen molar-refractivity contribution in [3.63, 3.8) is 0 Å². The summed E-state index contributed by atoms with van der Waals surface area (Å²) < 4.78 is 6.52. The normalized spacial score (nSPS) is 12.4. The molecule has 0 aromatic carbocycles. The molecule has 1 unspecified atom stereocenters. The number of methoxy groups -OCH3 is 1. The average molecular weight is 263 g/mol. The highest BCUT2D eigenvalue weighted by Crippen LogP contribution is 2.25. The van der Waals surface area contributed by atoms with Crippen molar-refractivity contribution in [2.45, 2.75) is 26.3 Å². The first-order valence-electron chi connectivity index (χ1n) is 6.03. The van der Waals surface area contributed by atoms with E-state index in [1.807, 2.05) is 18.4 Å². The predicted octanol–water partition coefficient (Wildman–Crippen LogP) is 1.15. The number of anilines is 1. The van der Waals surface area contributed by atoms with Crippen molar-refractivity contribution in [2.24, 2.45) is 0 Å². The number of nitrogens with one attached hydrogen (secondary N) is 1. The van der Waals surface area contributed by atoms with Gasteiger partial charge in [-0.1, -0.05) is 6.92 Å². The van der Waals surface area contributed by atoms with E-state index in [0.717, 1.165) is 11.4 Å². The van der Waals surface area contributed by atoms with Gasteiger partial charge in [0, 0.05) is 18.2 Å². The van der Waals surface area contributed by atoms with Gasteiger partial charge in [0.25, 0.3) is 0 Å². The first-order chi connectivity index (χ1) is 9.10. The third-order valence-corrected chi connectivity index (χ3v) is 3.11. The zero-order valence-electron chi connectivity index (χ0n) is 11.2. The standard InChI is InChI=1S/C12H17N5O2/c1-4-9-16-10(12(18)19-3)11(13)17(9)7(2)8-5-14-15-6-8/h5-7H,4,13H2,1-3H3,(H,14,15). The van der Waals surface area contributed by atoms with Crippen molar-refractivity contribution >= 4 is 11.8 Å². The summed E-state index contributed by atoms with van der Waals surface area (Å²) in [5.74, 6) is 0.536. The van der Waals surface area contributed by atoms with Crippen molar-refractivity contribution < 1.29 is 9.53 Å². The summed E-state index contributed by atoms with van der Waals surface area (Å²) in [6.45, 7) is 3.94. The number of aromatic amines is 1. The van der Waals surface area contributed by atoms with Crippen LogP contribution in [0.1, 0.15) is 41.8 Å². The fourth-order valence-electron chi connectivity index (χ4n) is 2.06. The highest BCUT2D eigenvalue weighted by Gasteiger charge is 2.24. The largest absolute Gasteiger partial charge is 0.464 e. The third-order valence-electron chi connectivity index (χ3n) is 3.11. The molecule has 0 amide bonds. The summed E-state index contributed by atoms with van der Waals surface area (Å²) in [5.41, 5.74) is 7.16. The van der Waals surface area contributed by atoms with Crippen LogP contribution in [-0.2, 0) is 11.2 Å². The van der Waals surface area contributed by atoms with E-state index in [4.69, 9.17) is 5.73 Å². The van der Waals surface area contributed by atoms with Gasteiger partial charge in [0.1, 0.15) is 11.6 Å². The maximum Gasteiger partial charge on any atom is 0.360 e. The van der Waals surface area contributed by atoms with E-state index in [9.17, 15) is 4.79 Å². The van der Waals surface area contributed by atoms with E-state index in [0.29, 0.717) is 12.2 Å². The summed E-state index contributed by atoms with van der Waals surface area (Å²) in [5, 5.41) is 6.68. The molecular formula is C12H17N5O2. The van der Waals surface area contributed by atoms with Gasteiger partial charge in [-0.05, 0) is 6.92 Å². The lowest BCUT2D eigenvalue weighted by Crippen LogP contribution is -2.13. The number of nitrogens with two attached hydrogens (primary N) is 1. The first-order valence-corrected chi connectivity index (χ1v) is 6.03. The molecule has 1 atom stereocenters. The van der Waals surface area contributed by atoms with Gasteiger partial charge in [-0.2, -0.15) is 5.10 Å². The van der Waals surface area contributed by atoms with E-state index in [2.05, 4.69) is 19.9 Å². The number of nitrogen functional groups attached to an aromatic ring is 1. The summed E-state index contributed by atoms with van der Waals surface area (Å²) in [6, 6.07) is -0.0559. The van der Waals surface area contributed by atoms with Gasteiger partial charge >= 0.3 is 5.97 Å². The Labute approximate surface area is 110 Å². The molecule has 2 aromatic heterocycles. The Morgan fingerprint density at radius 1 is 1.63 bits per heavy atom. The van der Waals surface area contributed by atoms with Crippen LogP contribution in [0.2, 0.25) is 0 Å². The maximum atomic E-state index is 11.6. The second-order valence-corrected chi connectivity index (χ2v) is 4.18. The van der Waals surface area contributed by atoms with Crippen molar-refractivity contribution in [3.8, 4) is 0 Å². The molecule has 0 spiro atoms. The Kier molecular flexibility index (Phi) is 3.55. The lowest BCUT2D eigenvalue weighted by Gasteiger charge is -2.16. The molecule has 0 radical (unpaired) electrons. The molecule has 19 heavy (non-hydrogen) atoms. The zero-order valence-corrected chi connectivity index (χ0v) is 11.2. The minimum absolute atomic E-state index is 0.0559. The molecule has 7 heteroatoms. The number of rotatable bonds is 4. The van der Waals surface area contributed by atoms with Crippen molar-refractivity contribution in [2.75, 3.05) is 12.8 Å². The molecule has 0 aliphatic rings. The van der Waals surface area contributed by atoms with Crippen LogP contribution in [0.4, 0.5) is 5.82 Å². The first kappa shape index (κ1) is 13.1. The molecule has 0 saturated carbocycles. The Morgan fingerprint density at radius 3 is 2.89 bits per heavy atom. The molecule has 2 rings (SSSR count). The van der Waals surface area contributed by atoms with Gasteiger partial charge in [0.05, 0.1) is 19.3 Å². The number of hydrogen-bond acceptors (Lipinski definition) is 5. The highest BCUT2D eigenvalue weighted by molar-refractivity contribution is 5.92. The molecule has 0 aliphatic carbocycles. The zero-order chi connectivity index (χ0) is 14.0. The van der Waals surface area contributed by atoms with Gasteiger partial charge in [-0.15, -0.1) is 0 Å². The van der Waals surface area contributed by atoms with Crippen molar-refractivity contribution in [3.05, 3.63) is 29.5 Å². The van der Waals surface area contributed by atoms with E-state index < -0.39 is 5.97 Å². The summed E-state index contributed by atoms with van der Waals surface area (Å²) in [7, 11) is 1.31. The molecule has 2 heterocycles. The summed E-state index contributed by atoms with van der Waals surface area (Å²) >= 11 is 0. The lowest BCUT2D eigenvalue weighted by atomic mass is 10.2. The second-order valence-electron chi connectivity index (χ2n) is 4.18. The number of nitrogens with zero attached hydrogens (tertiary/aromatic N) is 3. The van der Waals surface area contributed by atoms with Gasteiger partial charge in [-0.25, -0.2) is 9.78 Å². The monoisotopic (exact) mass is 263 g/mol. The van der Waals surface area contributed by atoms with Crippen LogP contribution in [0.15, 0.2) is 12.4 Å². The fraction of sp³-hybridized carbons (Fsp3) is 0.417. The number of esters is 1. The topological polar surface area (TPSA) is 98.8 Å². The Balaban J connectivity index is 2.50. The number of aryl methyl sites for hydroxylation is 1. The average Bonchev–Trinajstić information content (AvgIpc) is 3.04. The van der Waals surface area contributed by atoms with Crippen LogP contribution in [0.25, 0.3) is 0 Å². The molecule has 0 saturated heterocycles. The minimum atomic E-state index is -0.523. The smallest absolute Gasteiger partial charge is 0.360 e. The quantitative estimate of drug-likeness (QED) is 0.806. The van der Waals surface area contributed by atoms with Gasteiger partial charge in [0.15, 0.2) is 5.69 Å². The molecule has 3 N–H and O–H groups in total. The minimum Gasteiger partial charge on any atom is -0.464 e. The number of imidazole rings is 1. The number of ether oxygens (including phenoxy) is 1. The second kappa shape index (κ2) is 5.13. The van der Waals surface area contributed by atoms with Crippen molar-refractivity contribution in [1.82, 2.24) is 19.7 Å². The third kappa shape index (κ3) is 2.18. The van der Waals surface area contributed by atoms with E-state index in [1.54, 1.807) is 12.4 Å². The highest BCUT2D eigenvalue weighted by atomic mass is 16.5. The number of carbonyl (C=O) groups is 1. The summed E-state index contributed by atoms with van der Waals surface area (Å²) in [6.07, 6.45) is 4.19. The van der Waals surface area contributed by atoms with Gasteiger partial charge in [0.2, 0.25) is 0 Å². The molecule has 0 fully saturated rings. The van der Waals surface area contributed by atoms with Crippen LogP contribution in [0.3, 0.4) is 0 Å². The molecule has 102 valence electrons. The Morgan fingerprint density at radius 2 is 2.37 bits per heavy atom. The number of aromatic nitrogens is 4. The number of hydrogen-bond donors (Lipinski definition) is 2. The SMILES string of the molecule is CCc1nc(C(=O)OC)c(N)n1C(C)c1cn[nH]c1. The molecule has 2 aromatic rings. The molecule has 0 bridgehead atoms. The van der Waals surface area contributed by atoms with Gasteiger partial charge in [-0.3, -0.25) is 5.10 Å². The van der Waals surface area contributed by atoms with Crippen LogP contribution >= 0.6 is 0 Å². The fourth-order valence-corrected chi connectivity index (χ4v) is 2.06. The predicted molar refractivity (Wildman–Crippen MR) is 69.8 cm³/mol. The number of carbonyl (C=O) groups excluding carboxylic acids is 1. The molecule has 0 aliphatic heterocycles. The molecular weight excluding hydrogens is 246 g/mol. The lowest BCUT2D eigenvalue weighted by molar-refractivity contribution is 0.0595. The maximum absolute atomic E-state index is 11.6. The Hall–Kier alpha value is -2.31. The van der Waals surface area contributed by atoms with Crippen molar-refractivity contribution in [1.29, 1.82) is 0 Å². The summed E-state index contributed by atoms with van der Waals surface area (Å²) in [4.78, 5) is 15.9. The number of H-pyrrole nitrogens is 1. The van der Waals surface area contributed by atoms with E-state index in [1.165, 1.54) is 7.11 Å². The van der Waals surface area contributed by atoms with Gasteiger partial charge < -0.3 is 15.0 Å². The van der Waals surface area contributed by atoms with Crippen LogP contribution in [-0.4, -0.2) is 32.8 Å². The van der Waals surface area contributed by atoms with E-state index >= 15 is 0 Å². The van der Waals surface area contributed by atoms with Crippen LogP contribution in [0.5, 0.6) is 0 Å². The van der Waals surface area contributed by atoms with E-state index in [-0.39, 0.29) is 11.7 Å².